The number of thiocarbonyl (C=S) groups is 1. The summed E-state index contributed by atoms with van der Waals surface area (Å²) < 4.78 is 2.39. The summed E-state index contributed by atoms with van der Waals surface area (Å²) in [6.07, 6.45) is 1.84. The third kappa shape index (κ3) is 3.23. The molecule has 0 spiro atoms. The average Bonchev–Trinajstić information content (AvgIpc) is 3.12. The Labute approximate surface area is 178 Å². The summed E-state index contributed by atoms with van der Waals surface area (Å²) in [7, 11) is 2.07. The van der Waals surface area contributed by atoms with Gasteiger partial charge < -0.3 is 14.8 Å². The van der Waals surface area contributed by atoms with Gasteiger partial charge in [0.2, 0.25) is 0 Å². The van der Waals surface area contributed by atoms with Crippen LogP contribution in [0.4, 0.5) is 0 Å². The molecule has 1 N–H and O–H groups in total. The van der Waals surface area contributed by atoms with Crippen LogP contribution in [-0.2, 0) is 0 Å². The first-order chi connectivity index (χ1) is 13.8. The van der Waals surface area contributed by atoms with Gasteiger partial charge in [-0.3, -0.25) is 4.98 Å². The maximum absolute atomic E-state index is 5.61. The topological polar surface area (TPSA) is 33.1 Å². The quantitative estimate of drug-likeness (QED) is 0.622. The van der Waals surface area contributed by atoms with E-state index < -0.39 is 0 Å². The van der Waals surface area contributed by atoms with Gasteiger partial charge in [-0.15, -0.1) is 0 Å². The summed E-state index contributed by atoms with van der Waals surface area (Å²) >= 11 is 5.61. The van der Waals surface area contributed by atoms with Crippen molar-refractivity contribution < 1.29 is 0 Å². The second kappa shape index (κ2) is 7.30. The number of likely N-dealkylation sites (N-methyl/N-ethyl adjacent to an activating group) is 1. The van der Waals surface area contributed by atoms with Crippen molar-refractivity contribution in [3.05, 3.63) is 81.9 Å². The zero-order valence-electron chi connectivity index (χ0n) is 17.9. The molecule has 29 heavy (non-hydrogen) atoms. The molecule has 2 unspecified atom stereocenters. The van der Waals surface area contributed by atoms with Crippen molar-refractivity contribution in [2.45, 2.75) is 46.7 Å². The highest BCUT2D eigenvalue weighted by atomic mass is 32.1. The minimum absolute atomic E-state index is 0.0304. The van der Waals surface area contributed by atoms with Crippen LogP contribution in [0.25, 0.3) is 5.69 Å². The van der Waals surface area contributed by atoms with Gasteiger partial charge in [0.05, 0.1) is 23.5 Å². The van der Waals surface area contributed by atoms with Gasteiger partial charge in [0.15, 0.2) is 5.11 Å². The van der Waals surface area contributed by atoms with Crippen molar-refractivity contribution in [1.82, 2.24) is 19.8 Å². The van der Waals surface area contributed by atoms with Crippen LogP contribution < -0.4 is 5.32 Å². The fraction of sp³-hybridized carbons (Fsp3) is 0.333. The molecule has 0 saturated carbocycles. The summed E-state index contributed by atoms with van der Waals surface area (Å²) in [5.41, 5.74) is 9.95. The molecule has 150 valence electrons. The maximum Gasteiger partial charge on any atom is 0.169 e. The predicted octanol–water partition coefficient (Wildman–Crippen LogP) is 5.02. The van der Waals surface area contributed by atoms with E-state index in [1.54, 1.807) is 0 Å². The average molecular weight is 405 g/mol. The fourth-order valence-electron chi connectivity index (χ4n) is 4.80. The molecule has 3 heterocycles. The molecular weight excluding hydrogens is 376 g/mol. The number of aromatic nitrogens is 2. The lowest BCUT2D eigenvalue weighted by atomic mass is 9.97. The highest BCUT2D eigenvalue weighted by Gasteiger charge is 2.39. The van der Waals surface area contributed by atoms with Crippen LogP contribution in [0.5, 0.6) is 0 Å². The second-order valence-corrected chi connectivity index (χ2v) is 8.53. The third-order valence-corrected chi connectivity index (χ3v) is 6.39. The molecule has 5 heteroatoms. The van der Waals surface area contributed by atoms with Crippen molar-refractivity contribution in [2.24, 2.45) is 0 Å². The van der Waals surface area contributed by atoms with Crippen molar-refractivity contribution >= 4 is 17.3 Å². The van der Waals surface area contributed by atoms with Gasteiger partial charge in [0.25, 0.3) is 0 Å². The molecule has 0 aliphatic carbocycles. The van der Waals surface area contributed by atoms with Gasteiger partial charge in [-0.1, -0.05) is 23.8 Å². The molecule has 2 atom stereocenters. The van der Waals surface area contributed by atoms with E-state index in [1.165, 1.54) is 39.3 Å². The normalized spacial score (nSPS) is 19.0. The first kappa shape index (κ1) is 19.6. The standard InChI is InChI=1S/C24H28N4S/c1-14-11-15(2)22(16(3)12-14)28-17(4)13-19(18(28)5)23-21(26-24(29)27(23)6)20-9-7-8-10-25-20/h7-13,21,23H,1-6H3,(H,26,29). The highest BCUT2D eigenvalue weighted by Crippen LogP contribution is 2.41. The van der Waals surface area contributed by atoms with Gasteiger partial charge >= 0.3 is 0 Å². The first-order valence-corrected chi connectivity index (χ1v) is 10.4. The predicted molar refractivity (Wildman–Crippen MR) is 123 cm³/mol. The number of hydrogen-bond acceptors (Lipinski definition) is 2. The molecule has 0 bridgehead atoms. The molecular formula is C24H28N4S. The van der Waals surface area contributed by atoms with E-state index in [1.807, 2.05) is 18.3 Å². The molecule has 1 aromatic carbocycles. The van der Waals surface area contributed by atoms with E-state index >= 15 is 0 Å². The number of nitrogens with zero attached hydrogens (tertiary/aromatic N) is 3. The van der Waals surface area contributed by atoms with E-state index in [9.17, 15) is 0 Å². The first-order valence-electron chi connectivity index (χ1n) is 10.0. The lowest BCUT2D eigenvalue weighted by Crippen LogP contribution is -2.25. The molecule has 1 fully saturated rings. The summed E-state index contributed by atoms with van der Waals surface area (Å²) in [5, 5.41) is 4.24. The summed E-state index contributed by atoms with van der Waals surface area (Å²) in [5.74, 6) is 0. The van der Waals surface area contributed by atoms with Crippen LogP contribution in [0.15, 0.2) is 42.6 Å². The van der Waals surface area contributed by atoms with E-state index in [4.69, 9.17) is 12.2 Å². The van der Waals surface area contributed by atoms with Gasteiger partial charge in [-0.25, -0.2) is 0 Å². The van der Waals surface area contributed by atoms with Crippen molar-refractivity contribution in [2.75, 3.05) is 7.05 Å². The number of aryl methyl sites for hydroxylation is 4. The molecule has 1 aliphatic rings. The molecule has 1 aliphatic heterocycles. The van der Waals surface area contributed by atoms with E-state index in [-0.39, 0.29) is 12.1 Å². The second-order valence-electron chi connectivity index (χ2n) is 8.15. The molecule has 3 aromatic rings. The number of benzene rings is 1. The molecule has 4 nitrogen and oxygen atoms in total. The van der Waals surface area contributed by atoms with Crippen molar-refractivity contribution in [1.29, 1.82) is 0 Å². The van der Waals surface area contributed by atoms with Gasteiger partial charge in [0.1, 0.15) is 0 Å². The molecule has 0 amide bonds. The third-order valence-electron chi connectivity index (χ3n) is 5.99. The summed E-state index contributed by atoms with van der Waals surface area (Å²) in [4.78, 5) is 6.77. The molecule has 0 radical (unpaired) electrons. The zero-order valence-corrected chi connectivity index (χ0v) is 18.8. The lowest BCUT2D eigenvalue weighted by Gasteiger charge is -2.25. The Bertz CT molecular complexity index is 1060. The largest absolute Gasteiger partial charge is 0.352 e. The van der Waals surface area contributed by atoms with Gasteiger partial charge in [-0.05, 0) is 81.7 Å². The minimum Gasteiger partial charge on any atom is -0.352 e. The smallest absolute Gasteiger partial charge is 0.169 e. The fourth-order valence-corrected chi connectivity index (χ4v) is 5.04. The van der Waals surface area contributed by atoms with Crippen LogP contribution in [0.3, 0.4) is 0 Å². The Morgan fingerprint density at radius 1 is 1.00 bits per heavy atom. The summed E-state index contributed by atoms with van der Waals surface area (Å²) in [6.45, 7) is 10.9. The zero-order chi connectivity index (χ0) is 20.9. The number of pyridine rings is 1. The van der Waals surface area contributed by atoms with Gasteiger partial charge in [-0.2, -0.15) is 0 Å². The number of hydrogen-bond donors (Lipinski definition) is 1. The van der Waals surface area contributed by atoms with E-state index in [0.717, 1.165) is 10.8 Å². The van der Waals surface area contributed by atoms with Crippen LogP contribution in [-0.4, -0.2) is 26.6 Å². The van der Waals surface area contributed by atoms with Crippen LogP contribution in [0, 0.1) is 34.6 Å². The molecule has 1 saturated heterocycles. The Morgan fingerprint density at radius 2 is 1.69 bits per heavy atom. The van der Waals surface area contributed by atoms with Crippen LogP contribution in [0.2, 0.25) is 0 Å². The Morgan fingerprint density at radius 3 is 2.31 bits per heavy atom. The van der Waals surface area contributed by atoms with Crippen LogP contribution in [0.1, 0.15) is 51.4 Å². The van der Waals surface area contributed by atoms with E-state index in [2.05, 4.69) is 85.7 Å². The highest BCUT2D eigenvalue weighted by molar-refractivity contribution is 7.80. The lowest BCUT2D eigenvalue weighted by molar-refractivity contribution is 0.367. The Balaban J connectivity index is 1.86. The maximum atomic E-state index is 5.61. The van der Waals surface area contributed by atoms with Crippen LogP contribution >= 0.6 is 12.2 Å². The van der Waals surface area contributed by atoms with Gasteiger partial charge in [0, 0.05) is 24.6 Å². The van der Waals surface area contributed by atoms with Crippen molar-refractivity contribution in [3.8, 4) is 5.69 Å². The molecule has 2 aromatic heterocycles. The SMILES string of the molecule is Cc1cc(C)c(-n2c(C)cc(C3C(c4ccccn4)NC(=S)N3C)c2C)c(C)c1. The Hall–Kier alpha value is -2.66. The molecule has 4 rings (SSSR count). The monoisotopic (exact) mass is 404 g/mol. The van der Waals surface area contributed by atoms with E-state index in [0.29, 0.717) is 0 Å². The Kier molecular flexibility index (Phi) is 4.95. The summed E-state index contributed by atoms with van der Waals surface area (Å²) in [6, 6.07) is 13.0. The van der Waals surface area contributed by atoms with Crippen molar-refractivity contribution in [3.63, 3.8) is 0 Å². The number of nitrogens with one attached hydrogen (secondary N) is 1. The number of rotatable bonds is 3. The minimum atomic E-state index is 0.0304.